The van der Waals surface area contributed by atoms with Crippen molar-refractivity contribution in [2.75, 3.05) is 0 Å². The zero-order valence-corrected chi connectivity index (χ0v) is 30.0. The zero-order chi connectivity index (χ0) is 37.0. The minimum Gasteiger partial charge on any atom is -0.456 e. The van der Waals surface area contributed by atoms with Gasteiger partial charge in [0.1, 0.15) is 16.9 Å². The van der Waals surface area contributed by atoms with Gasteiger partial charge in [0.05, 0.1) is 16.7 Å². The van der Waals surface area contributed by atoms with Crippen LogP contribution in [0.15, 0.2) is 192 Å². The van der Waals surface area contributed by atoms with E-state index in [0.29, 0.717) is 23.2 Å². The maximum absolute atomic E-state index is 6.41. The second-order valence-electron chi connectivity index (χ2n) is 13.8. The summed E-state index contributed by atoms with van der Waals surface area (Å²) in [5, 5.41) is 4.51. The lowest BCUT2D eigenvalue weighted by Crippen LogP contribution is -2.01. The van der Waals surface area contributed by atoms with Crippen molar-refractivity contribution < 1.29 is 4.42 Å². The Morgan fingerprint density at radius 2 is 0.946 bits per heavy atom. The highest BCUT2D eigenvalue weighted by Crippen LogP contribution is 2.45. The van der Waals surface area contributed by atoms with E-state index in [4.69, 9.17) is 24.4 Å². The van der Waals surface area contributed by atoms with Crippen molar-refractivity contribution in [3.8, 4) is 62.4 Å². The smallest absolute Gasteiger partial charge is 0.182 e. The molecule has 11 aromatic rings. The molecule has 0 aliphatic carbocycles. The molecule has 7 aromatic carbocycles. The normalized spacial score (nSPS) is 11.6. The summed E-state index contributed by atoms with van der Waals surface area (Å²) in [6, 6.07) is 64.5. The van der Waals surface area contributed by atoms with E-state index >= 15 is 0 Å². The molecule has 56 heavy (non-hydrogen) atoms. The highest BCUT2D eigenvalue weighted by molar-refractivity contribution is 6.21. The molecule has 0 aliphatic rings. The summed E-state index contributed by atoms with van der Waals surface area (Å²) < 4.78 is 8.78. The van der Waals surface area contributed by atoms with E-state index in [2.05, 4.69) is 108 Å². The molecule has 262 valence electrons. The number of rotatable bonds is 6. The second kappa shape index (κ2) is 13.0. The van der Waals surface area contributed by atoms with E-state index in [1.54, 1.807) is 0 Å². The Balaban J connectivity index is 1.18. The molecule has 0 atom stereocenters. The number of fused-ring (bicyclic) bond motifs is 6. The van der Waals surface area contributed by atoms with Crippen LogP contribution in [0.1, 0.15) is 0 Å². The Morgan fingerprint density at radius 1 is 0.357 bits per heavy atom. The summed E-state index contributed by atoms with van der Waals surface area (Å²) in [4.78, 5) is 20.2. The van der Waals surface area contributed by atoms with Gasteiger partial charge < -0.3 is 8.98 Å². The third kappa shape index (κ3) is 5.27. The van der Waals surface area contributed by atoms with Crippen molar-refractivity contribution in [3.63, 3.8) is 0 Å². The number of benzene rings is 7. The number of hydrogen-bond acceptors (Lipinski definition) is 5. The van der Waals surface area contributed by atoms with E-state index < -0.39 is 0 Å². The van der Waals surface area contributed by atoms with E-state index in [1.807, 2.05) is 84.9 Å². The minimum atomic E-state index is 0.508. The van der Waals surface area contributed by atoms with Gasteiger partial charge in [-0.2, -0.15) is 0 Å². The summed E-state index contributed by atoms with van der Waals surface area (Å²) in [5.74, 6) is 1.70. The largest absolute Gasteiger partial charge is 0.456 e. The van der Waals surface area contributed by atoms with Crippen LogP contribution < -0.4 is 0 Å². The zero-order valence-electron chi connectivity index (χ0n) is 30.0. The van der Waals surface area contributed by atoms with Crippen LogP contribution in [-0.2, 0) is 0 Å². The van der Waals surface area contributed by atoms with Crippen LogP contribution in [0.4, 0.5) is 0 Å². The first-order valence-corrected chi connectivity index (χ1v) is 18.6. The first-order chi connectivity index (χ1) is 27.8. The van der Waals surface area contributed by atoms with Gasteiger partial charge in [-0.05, 0) is 65.7 Å². The molecule has 0 saturated heterocycles. The first kappa shape index (κ1) is 31.8. The monoisotopic (exact) mass is 717 g/mol. The van der Waals surface area contributed by atoms with Gasteiger partial charge >= 0.3 is 0 Å². The number of furan rings is 1. The molecule has 0 spiro atoms. The average Bonchev–Trinajstić information content (AvgIpc) is 3.83. The molecule has 6 heteroatoms. The standard InChI is InChI=1S/C50H31N5O/c1-4-16-32(17-5-1)48-52-49(33-18-6-2-7-19-33)54-50(53-48)41-26-15-25-40(51-41)34-30-39(36-24-14-29-45-47(36)38-23-11-13-28-44(38)56-45)46-37-22-10-12-27-42(37)55(43(46)31-34)35-20-8-3-9-21-35/h1-31H. The Hall–Kier alpha value is -7.70. The SMILES string of the molecule is c1ccc(-c2nc(-c3ccccc3)nc(-c3cccc(-c4cc(-c5cccc6oc7ccccc7c56)c5c6ccccc6n(-c6ccccc6)c5c4)n3)n2)cc1. The fourth-order valence-electron chi connectivity index (χ4n) is 7.95. The Morgan fingerprint density at radius 3 is 1.70 bits per heavy atom. The summed E-state index contributed by atoms with van der Waals surface area (Å²) in [6.07, 6.45) is 0. The lowest BCUT2D eigenvalue weighted by Gasteiger charge is -2.13. The summed E-state index contributed by atoms with van der Waals surface area (Å²) in [7, 11) is 0. The maximum atomic E-state index is 6.41. The van der Waals surface area contributed by atoms with Crippen molar-refractivity contribution in [1.29, 1.82) is 0 Å². The third-order valence-corrected chi connectivity index (χ3v) is 10.5. The molecule has 0 N–H and O–H groups in total. The van der Waals surface area contributed by atoms with Crippen LogP contribution in [0.3, 0.4) is 0 Å². The molecule has 0 radical (unpaired) electrons. The maximum Gasteiger partial charge on any atom is 0.182 e. The third-order valence-electron chi connectivity index (χ3n) is 10.5. The number of hydrogen-bond donors (Lipinski definition) is 0. The molecular formula is C50H31N5O. The van der Waals surface area contributed by atoms with Crippen LogP contribution in [0.2, 0.25) is 0 Å². The molecular weight excluding hydrogens is 687 g/mol. The van der Waals surface area contributed by atoms with Crippen molar-refractivity contribution in [2.45, 2.75) is 0 Å². The van der Waals surface area contributed by atoms with Crippen molar-refractivity contribution in [1.82, 2.24) is 24.5 Å². The van der Waals surface area contributed by atoms with Gasteiger partial charge in [-0.1, -0.05) is 133 Å². The van der Waals surface area contributed by atoms with Gasteiger partial charge in [-0.25, -0.2) is 19.9 Å². The van der Waals surface area contributed by atoms with Gasteiger partial charge in [-0.15, -0.1) is 0 Å². The Kier molecular flexibility index (Phi) is 7.38. The predicted molar refractivity (Wildman–Crippen MR) is 226 cm³/mol. The number of pyridine rings is 1. The molecule has 0 bridgehead atoms. The van der Waals surface area contributed by atoms with E-state index in [9.17, 15) is 0 Å². The highest BCUT2D eigenvalue weighted by atomic mass is 16.3. The van der Waals surface area contributed by atoms with Crippen molar-refractivity contribution in [2.24, 2.45) is 0 Å². The van der Waals surface area contributed by atoms with Gasteiger partial charge in [0, 0.05) is 43.9 Å². The fraction of sp³-hybridized carbons (Fsp3) is 0. The topological polar surface area (TPSA) is 69.6 Å². The van der Waals surface area contributed by atoms with E-state index in [-0.39, 0.29) is 0 Å². The molecule has 6 nitrogen and oxygen atoms in total. The molecule has 0 aliphatic heterocycles. The van der Waals surface area contributed by atoms with Gasteiger partial charge in [0.2, 0.25) is 0 Å². The van der Waals surface area contributed by atoms with Gasteiger partial charge in [0.15, 0.2) is 17.5 Å². The van der Waals surface area contributed by atoms with Crippen LogP contribution in [-0.4, -0.2) is 24.5 Å². The molecule has 0 fully saturated rings. The van der Waals surface area contributed by atoms with E-state index in [1.165, 1.54) is 10.8 Å². The number of para-hydroxylation sites is 3. The van der Waals surface area contributed by atoms with Gasteiger partial charge in [-0.3, -0.25) is 0 Å². The fourth-order valence-corrected chi connectivity index (χ4v) is 7.95. The Labute approximate surface area is 322 Å². The molecule has 0 saturated carbocycles. The number of aromatic nitrogens is 5. The van der Waals surface area contributed by atoms with Crippen LogP contribution in [0, 0.1) is 0 Å². The summed E-state index contributed by atoms with van der Waals surface area (Å²) >= 11 is 0. The average molecular weight is 718 g/mol. The highest BCUT2D eigenvalue weighted by Gasteiger charge is 2.22. The molecule has 0 unspecified atom stereocenters. The lowest BCUT2D eigenvalue weighted by molar-refractivity contribution is 0.669. The molecule has 0 amide bonds. The lowest BCUT2D eigenvalue weighted by atomic mass is 9.93. The van der Waals surface area contributed by atoms with Crippen molar-refractivity contribution >= 4 is 43.7 Å². The van der Waals surface area contributed by atoms with Crippen LogP contribution in [0.25, 0.3) is 106 Å². The van der Waals surface area contributed by atoms with Crippen molar-refractivity contribution in [3.05, 3.63) is 188 Å². The second-order valence-corrected chi connectivity index (χ2v) is 13.8. The molecule has 4 aromatic heterocycles. The first-order valence-electron chi connectivity index (χ1n) is 18.6. The summed E-state index contributed by atoms with van der Waals surface area (Å²) in [6.45, 7) is 0. The Bertz CT molecular complexity index is 3190. The van der Waals surface area contributed by atoms with Crippen LogP contribution in [0.5, 0.6) is 0 Å². The quantitative estimate of drug-likeness (QED) is 0.171. The minimum absolute atomic E-state index is 0.508. The molecule has 4 heterocycles. The predicted octanol–water partition coefficient (Wildman–Crippen LogP) is 12.6. The van der Waals surface area contributed by atoms with Gasteiger partial charge in [0.25, 0.3) is 0 Å². The number of nitrogens with zero attached hydrogens (tertiary/aromatic N) is 5. The van der Waals surface area contributed by atoms with E-state index in [0.717, 1.165) is 72.2 Å². The van der Waals surface area contributed by atoms with Crippen LogP contribution >= 0.6 is 0 Å². The molecule has 11 rings (SSSR count). The summed E-state index contributed by atoms with van der Waals surface area (Å²) in [5.41, 5.74) is 11.5.